The lowest BCUT2D eigenvalue weighted by atomic mass is 10.3. The maximum absolute atomic E-state index is 12.3. The molecule has 3 rings (SSSR count). The molecule has 28 heavy (non-hydrogen) atoms. The van der Waals surface area contributed by atoms with Crippen molar-refractivity contribution in [3.63, 3.8) is 0 Å². The average Bonchev–Trinajstić information content (AvgIpc) is 3.34. The lowest BCUT2D eigenvalue weighted by molar-refractivity contribution is -0.127. The van der Waals surface area contributed by atoms with Gasteiger partial charge in [-0.05, 0) is 24.3 Å². The third-order valence-corrected chi connectivity index (χ3v) is 4.80. The van der Waals surface area contributed by atoms with Crippen LogP contribution in [0.4, 0.5) is 0 Å². The van der Waals surface area contributed by atoms with Gasteiger partial charge in [-0.2, -0.15) is 0 Å². The molecule has 0 aliphatic rings. The molecule has 0 bridgehead atoms. The van der Waals surface area contributed by atoms with Crippen LogP contribution in [-0.2, 0) is 17.9 Å². The second kappa shape index (κ2) is 9.18. The summed E-state index contributed by atoms with van der Waals surface area (Å²) in [5, 5.41) is 8.49. The lowest BCUT2D eigenvalue weighted by Gasteiger charge is -2.15. The lowest BCUT2D eigenvalue weighted by Crippen LogP contribution is -2.28. The Kier molecular flexibility index (Phi) is 6.43. The number of hydrogen-bond donors (Lipinski definition) is 1. The highest BCUT2D eigenvalue weighted by molar-refractivity contribution is 7.99. The van der Waals surface area contributed by atoms with Crippen LogP contribution in [0, 0.1) is 0 Å². The minimum atomic E-state index is -0.0708. The third kappa shape index (κ3) is 4.97. The summed E-state index contributed by atoms with van der Waals surface area (Å²) in [6, 6.07) is 10.8. The molecule has 0 atom stereocenters. The molecule has 0 radical (unpaired) electrons. The fourth-order valence-corrected chi connectivity index (χ4v) is 3.12. The fraction of sp³-hybridized carbons (Fsp3) is 0.278. The standard InChI is InChI=1S/C18H21N5O4S/c1-22(10-15-7-4-8-26-15)17(24)12-28-18-21-20-16(23(18)19)11-27-14-6-3-5-13(9-14)25-2/h3-9H,10-12,19H2,1-2H3. The van der Waals surface area contributed by atoms with Crippen LogP contribution in [0.3, 0.4) is 0 Å². The number of rotatable bonds is 9. The van der Waals surface area contributed by atoms with Crippen molar-refractivity contribution in [2.24, 2.45) is 0 Å². The second-order valence-electron chi connectivity index (χ2n) is 5.85. The Morgan fingerprint density at radius 2 is 2.11 bits per heavy atom. The van der Waals surface area contributed by atoms with Crippen LogP contribution in [0.25, 0.3) is 0 Å². The van der Waals surface area contributed by atoms with E-state index < -0.39 is 0 Å². The Hall–Kier alpha value is -3.14. The molecule has 2 N–H and O–H groups in total. The monoisotopic (exact) mass is 403 g/mol. The van der Waals surface area contributed by atoms with Crippen molar-refractivity contribution in [2.75, 3.05) is 25.8 Å². The van der Waals surface area contributed by atoms with Crippen LogP contribution >= 0.6 is 11.8 Å². The average molecular weight is 403 g/mol. The van der Waals surface area contributed by atoms with E-state index in [1.54, 1.807) is 37.5 Å². The number of carbonyl (C=O) groups is 1. The molecular weight excluding hydrogens is 382 g/mol. The SMILES string of the molecule is COc1cccc(OCc2nnc(SCC(=O)N(C)Cc3ccco3)n2N)c1. The van der Waals surface area contributed by atoms with Gasteiger partial charge in [0.05, 0.1) is 25.7 Å². The van der Waals surface area contributed by atoms with E-state index in [9.17, 15) is 4.79 Å². The first-order chi connectivity index (χ1) is 13.6. The molecule has 3 aromatic rings. The molecule has 0 saturated carbocycles. The number of carbonyl (C=O) groups excluding carboxylic acids is 1. The summed E-state index contributed by atoms with van der Waals surface area (Å²) in [5.74, 6) is 8.63. The number of benzene rings is 1. The summed E-state index contributed by atoms with van der Waals surface area (Å²) in [7, 11) is 3.30. The first kappa shape index (κ1) is 19.6. The van der Waals surface area contributed by atoms with Gasteiger partial charge < -0.3 is 24.6 Å². The van der Waals surface area contributed by atoms with E-state index in [1.165, 1.54) is 16.4 Å². The molecule has 0 unspecified atom stereocenters. The van der Waals surface area contributed by atoms with E-state index in [-0.39, 0.29) is 18.3 Å². The molecule has 1 amide bonds. The second-order valence-corrected chi connectivity index (χ2v) is 6.80. The van der Waals surface area contributed by atoms with Gasteiger partial charge in [0, 0.05) is 13.1 Å². The van der Waals surface area contributed by atoms with Gasteiger partial charge in [0.1, 0.15) is 23.9 Å². The van der Waals surface area contributed by atoms with Crippen molar-refractivity contribution in [3.05, 3.63) is 54.2 Å². The van der Waals surface area contributed by atoms with E-state index in [1.807, 2.05) is 24.3 Å². The zero-order valence-electron chi connectivity index (χ0n) is 15.6. The zero-order valence-corrected chi connectivity index (χ0v) is 16.4. The fourth-order valence-electron chi connectivity index (χ4n) is 2.30. The Morgan fingerprint density at radius 3 is 2.86 bits per heavy atom. The smallest absolute Gasteiger partial charge is 0.233 e. The molecule has 148 valence electrons. The number of amides is 1. The van der Waals surface area contributed by atoms with E-state index in [4.69, 9.17) is 19.7 Å². The number of aromatic nitrogens is 3. The summed E-state index contributed by atoms with van der Waals surface area (Å²) in [5.41, 5.74) is 0. The predicted molar refractivity (Wildman–Crippen MR) is 103 cm³/mol. The number of nitrogens with zero attached hydrogens (tertiary/aromatic N) is 4. The number of nitrogen functional groups attached to an aromatic ring is 1. The molecule has 0 saturated heterocycles. The Balaban J connectivity index is 1.51. The number of methoxy groups -OCH3 is 1. The summed E-state index contributed by atoms with van der Waals surface area (Å²) in [6.07, 6.45) is 1.58. The van der Waals surface area contributed by atoms with Crippen molar-refractivity contribution in [2.45, 2.75) is 18.3 Å². The molecule has 2 heterocycles. The zero-order chi connectivity index (χ0) is 19.9. The van der Waals surface area contributed by atoms with Crippen molar-refractivity contribution in [1.29, 1.82) is 0 Å². The number of ether oxygens (including phenoxy) is 2. The first-order valence-corrected chi connectivity index (χ1v) is 9.40. The van der Waals surface area contributed by atoms with Gasteiger partial charge in [-0.3, -0.25) is 4.79 Å². The van der Waals surface area contributed by atoms with Crippen LogP contribution in [0.15, 0.2) is 52.2 Å². The van der Waals surface area contributed by atoms with Crippen molar-refractivity contribution >= 4 is 17.7 Å². The van der Waals surface area contributed by atoms with Crippen molar-refractivity contribution in [3.8, 4) is 11.5 Å². The molecule has 10 heteroatoms. The van der Waals surface area contributed by atoms with E-state index in [0.29, 0.717) is 29.0 Å². The van der Waals surface area contributed by atoms with E-state index >= 15 is 0 Å². The third-order valence-electron chi connectivity index (χ3n) is 3.87. The molecular formula is C18H21N5O4S. The number of thioether (sulfide) groups is 1. The van der Waals surface area contributed by atoms with E-state index in [2.05, 4.69) is 10.2 Å². The van der Waals surface area contributed by atoms with Gasteiger partial charge >= 0.3 is 0 Å². The maximum Gasteiger partial charge on any atom is 0.233 e. The Bertz CT molecular complexity index is 913. The minimum absolute atomic E-state index is 0.0708. The first-order valence-electron chi connectivity index (χ1n) is 8.42. The van der Waals surface area contributed by atoms with Crippen molar-refractivity contribution in [1.82, 2.24) is 19.8 Å². The predicted octanol–water partition coefficient (Wildman–Crippen LogP) is 1.92. The van der Waals surface area contributed by atoms with Gasteiger partial charge in [-0.1, -0.05) is 17.8 Å². The Morgan fingerprint density at radius 1 is 1.29 bits per heavy atom. The highest BCUT2D eigenvalue weighted by Crippen LogP contribution is 2.20. The van der Waals surface area contributed by atoms with Crippen LogP contribution in [-0.4, -0.2) is 45.6 Å². The molecule has 9 nitrogen and oxygen atoms in total. The summed E-state index contributed by atoms with van der Waals surface area (Å²) >= 11 is 1.21. The molecule has 0 aliphatic heterocycles. The van der Waals surface area contributed by atoms with Gasteiger partial charge in [-0.15, -0.1) is 10.2 Å². The molecule has 2 aromatic heterocycles. The quantitative estimate of drug-likeness (QED) is 0.426. The van der Waals surface area contributed by atoms with Crippen LogP contribution in [0.2, 0.25) is 0 Å². The van der Waals surface area contributed by atoms with Gasteiger partial charge in [-0.25, -0.2) is 4.68 Å². The molecule has 0 aliphatic carbocycles. The van der Waals surface area contributed by atoms with Gasteiger partial charge in [0.2, 0.25) is 11.1 Å². The number of nitrogens with two attached hydrogens (primary N) is 1. The largest absolute Gasteiger partial charge is 0.497 e. The Labute approximate surface area is 166 Å². The van der Waals surface area contributed by atoms with Crippen LogP contribution in [0.1, 0.15) is 11.6 Å². The normalized spacial score (nSPS) is 10.6. The summed E-state index contributed by atoms with van der Waals surface area (Å²) in [4.78, 5) is 13.8. The van der Waals surface area contributed by atoms with Crippen LogP contribution in [0.5, 0.6) is 11.5 Å². The van der Waals surface area contributed by atoms with Gasteiger partial charge in [0.25, 0.3) is 0 Å². The highest BCUT2D eigenvalue weighted by Gasteiger charge is 2.16. The molecule has 1 aromatic carbocycles. The van der Waals surface area contributed by atoms with Crippen LogP contribution < -0.4 is 15.3 Å². The highest BCUT2D eigenvalue weighted by atomic mass is 32.2. The number of hydrogen-bond acceptors (Lipinski definition) is 8. The maximum atomic E-state index is 12.3. The molecule has 0 spiro atoms. The summed E-state index contributed by atoms with van der Waals surface area (Å²) < 4.78 is 17.4. The molecule has 0 fully saturated rings. The number of furan rings is 1. The van der Waals surface area contributed by atoms with Gasteiger partial charge in [0.15, 0.2) is 5.82 Å². The van der Waals surface area contributed by atoms with Crippen molar-refractivity contribution < 1.29 is 18.7 Å². The van der Waals surface area contributed by atoms with E-state index in [0.717, 1.165) is 5.76 Å². The summed E-state index contributed by atoms with van der Waals surface area (Å²) in [6.45, 7) is 0.547. The minimum Gasteiger partial charge on any atom is -0.497 e. The topological polar surface area (TPSA) is 109 Å².